The lowest BCUT2D eigenvalue weighted by Gasteiger charge is -2.25. The Kier molecular flexibility index (Phi) is 8.14. The molecule has 2 amide bonds. The molecule has 4 N–H and O–H groups in total. The van der Waals surface area contributed by atoms with Crippen LogP contribution in [0.4, 0.5) is 11.9 Å². The van der Waals surface area contributed by atoms with Crippen molar-refractivity contribution in [1.82, 2.24) is 30.2 Å². The van der Waals surface area contributed by atoms with Crippen LogP contribution in [0.15, 0.2) is 30.5 Å². The zero-order valence-corrected chi connectivity index (χ0v) is 22.0. The molecule has 38 heavy (non-hydrogen) atoms. The summed E-state index contributed by atoms with van der Waals surface area (Å²) < 4.78 is 7.24. The van der Waals surface area contributed by atoms with E-state index in [2.05, 4.69) is 46.3 Å². The van der Waals surface area contributed by atoms with Crippen LogP contribution in [-0.4, -0.2) is 63.2 Å². The second-order valence-electron chi connectivity index (χ2n) is 10.3. The smallest absolute Gasteiger partial charge is 0.243 e. The van der Waals surface area contributed by atoms with Gasteiger partial charge in [0.1, 0.15) is 0 Å². The van der Waals surface area contributed by atoms with Crippen LogP contribution in [0.3, 0.4) is 0 Å². The fourth-order valence-electron chi connectivity index (χ4n) is 4.64. The number of anilines is 2. The number of nitrogens with one attached hydrogen (secondary N) is 4. The fourth-order valence-corrected chi connectivity index (χ4v) is 4.64. The summed E-state index contributed by atoms with van der Waals surface area (Å²) in [6, 6.07) is 8.11. The van der Waals surface area contributed by atoms with Gasteiger partial charge in [0.2, 0.25) is 23.7 Å². The molecule has 2 saturated heterocycles. The molecule has 5 rings (SSSR count). The number of aryl methyl sites for hydroxylation is 1. The number of hydrogen-bond acceptors (Lipinski definition) is 9. The molecule has 1 aromatic carbocycles. The predicted molar refractivity (Wildman–Crippen MR) is 144 cm³/mol. The molecule has 2 aliphatic heterocycles. The van der Waals surface area contributed by atoms with Gasteiger partial charge in [-0.05, 0) is 49.3 Å². The molecule has 0 aliphatic carbocycles. The van der Waals surface area contributed by atoms with E-state index in [-0.39, 0.29) is 36.2 Å². The summed E-state index contributed by atoms with van der Waals surface area (Å²) in [6.45, 7) is 7.08. The van der Waals surface area contributed by atoms with Crippen molar-refractivity contribution in [2.45, 2.75) is 70.5 Å². The van der Waals surface area contributed by atoms with Crippen molar-refractivity contribution in [2.75, 3.05) is 30.4 Å². The van der Waals surface area contributed by atoms with Crippen LogP contribution < -0.4 is 21.3 Å². The average molecular weight is 521 g/mol. The largest absolute Gasteiger partial charge is 0.381 e. The fraction of sp³-hybridized carbons (Fsp3) is 0.519. The molecule has 2 aliphatic rings. The van der Waals surface area contributed by atoms with Crippen LogP contribution >= 0.6 is 0 Å². The molecule has 1 unspecified atom stereocenters. The third kappa shape index (κ3) is 6.28. The van der Waals surface area contributed by atoms with Gasteiger partial charge in [-0.2, -0.15) is 19.6 Å². The molecule has 11 nitrogen and oxygen atoms in total. The van der Waals surface area contributed by atoms with E-state index in [1.165, 1.54) is 0 Å². The number of hydrogen-bond donors (Lipinski definition) is 4. The first kappa shape index (κ1) is 26.1. The van der Waals surface area contributed by atoms with Crippen LogP contribution in [0.25, 0.3) is 5.65 Å². The van der Waals surface area contributed by atoms with Gasteiger partial charge in [0, 0.05) is 37.8 Å². The van der Waals surface area contributed by atoms with Crippen LogP contribution in [0, 0.1) is 0 Å². The van der Waals surface area contributed by atoms with Crippen molar-refractivity contribution in [3.8, 4) is 0 Å². The third-order valence-electron chi connectivity index (χ3n) is 7.06. The van der Waals surface area contributed by atoms with Gasteiger partial charge in [-0.15, -0.1) is 0 Å². The first-order chi connectivity index (χ1) is 18.5. The van der Waals surface area contributed by atoms with E-state index in [0.717, 1.165) is 61.4 Å². The molecule has 1 atom stereocenters. The molecule has 2 aromatic heterocycles. The number of fused-ring (bicyclic) bond motifs is 1. The maximum atomic E-state index is 12.2. The highest BCUT2D eigenvalue weighted by Gasteiger charge is 2.25. The van der Waals surface area contributed by atoms with Crippen LogP contribution in [0.2, 0.25) is 0 Å². The summed E-state index contributed by atoms with van der Waals surface area (Å²) >= 11 is 0. The van der Waals surface area contributed by atoms with E-state index >= 15 is 0 Å². The van der Waals surface area contributed by atoms with E-state index in [4.69, 9.17) is 14.7 Å². The molecular weight excluding hydrogens is 484 g/mol. The topological polar surface area (TPSA) is 135 Å². The quantitative estimate of drug-likeness (QED) is 0.318. The highest BCUT2D eigenvalue weighted by atomic mass is 16.5. The van der Waals surface area contributed by atoms with Gasteiger partial charge >= 0.3 is 0 Å². The first-order valence-electron chi connectivity index (χ1n) is 13.4. The maximum Gasteiger partial charge on any atom is 0.243 e. The SMILES string of the molecule is CC(C)c1cnn2c(NCc3cccc(CCC(=O)NC(=O)C4CCN4)c3)nc(NC3CCOCC3)nc12. The summed E-state index contributed by atoms with van der Waals surface area (Å²) in [5.41, 5.74) is 3.94. The highest BCUT2D eigenvalue weighted by molar-refractivity contribution is 5.98. The number of nitrogens with zero attached hydrogens (tertiary/aromatic N) is 4. The van der Waals surface area contributed by atoms with Crippen molar-refractivity contribution < 1.29 is 14.3 Å². The monoisotopic (exact) mass is 520 g/mol. The van der Waals surface area contributed by atoms with E-state index < -0.39 is 0 Å². The Morgan fingerprint density at radius 1 is 1.16 bits per heavy atom. The Hall–Kier alpha value is -3.57. The molecule has 202 valence electrons. The summed E-state index contributed by atoms with van der Waals surface area (Å²) in [5.74, 6) is 0.991. The van der Waals surface area contributed by atoms with E-state index in [1.807, 2.05) is 24.4 Å². The van der Waals surface area contributed by atoms with Crippen LogP contribution in [-0.2, 0) is 27.3 Å². The zero-order chi connectivity index (χ0) is 26.5. The van der Waals surface area contributed by atoms with E-state index in [0.29, 0.717) is 24.9 Å². The maximum absolute atomic E-state index is 12.2. The number of carbonyl (C=O) groups is 2. The lowest BCUT2D eigenvalue weighted by Crippen LogP contribution is -2.54. The minimum absolute atomic E-state index is 0.236. The minimum atomic E-state index is -0.250. The summed E-state index contributed by atoms with van der Waals surface area (Å²) in [6.07, 6.45) is 5.29. The predicted octanol–water partition coefficient (Wildman–Crippen LogP) is 2.39. The van der Waals surface area contributed by atoms with Crippen LogP contribution in [0.5, 0.6) is 0 Å². The molecule has 0 saturated carbocycles. The number of rotatable bonds is 10. The number of imide groups is 1. The molecule has 0 spiro atoms. The third-order valence-corrected chi connectivity index (χ3v) is 7.06. The van der Waals surface area contributed by atoms with Gasteiger partial charge in [0.15, 0.2) is 5.65 Å². The highest BCUT2D eigenvalue weighted by Crippen LogP contribution is 2.23. The van der Waals surface area contributed by atoms with Crippen molar-refractivity contribution in [3.63, 3.8) is 0 Å². The molecule has 0 radical (unpaired) electrons. The van der Waals surface area contributed by atoms with E-state index in [9.17, 15) is 9.59 Å². The second-order valence-corrected chi connectivity index (χ2v) is 10.3. The van der Waals surface area contributed by atoms with Gasteiger partial charge in [-0.1, -0.05) is 38.1 Å². The van der Waals surface area contributed by atoms with Gasteiger partial charge in [-0.25, -0.2) is 0 Å². The normalized spacial score (nSPS) is 17.8. The average Bonchev–Trinajstić information content (AvgIpc) is 3.30. The van der Waals surface area contributed by atoms with Crippen molar-refractivity contribution in [1.29, 1.82) is 0 Å². The Bertz CT molecular complexity index is 1280. The van der Waals surface area contributed by atoms with Crippen LogP contribution in [0.1, 0.15) is 62.1 Å². The number of amides is 2. The number of ether oxygens (including phenoxy) is 1. The summed E-state index contributed by atoms with van der Waals surface area (Å²) in [5, 5.41) is 17.0. The molecule has 0 bridgehead atoms. The molecular formula is C27H36N8O3. The number of carbonyl (C=O) groups excluding carboxylic acids is 2. The molecule has 4 heterocycles. The Balaban J connectivity index is 1.25. The molecule has 2 fully saturated rings. The lowest BCUT2D eigenvalue weighted by molar-refractivity contribution is -0.132. The van der Waals surface area contributed by atoms with Gasteiger partial charge in [0.25, 0.3) is 0 Å². The number of benzene rings is 1. The Labute approximate surface area is 222 Å². The number of aromatic nitrogens is 4. The van der Waals surface area contributed by atoms with Crippen molar-refractivity contribution >= 4 is 29.4 Å². The van der Waals surface area contributed by atoms with E-state index in [1.54, 1.807) is 4.52 Å². The minimum Gasteiger partial charge on any atom is -0.381 e. The Morgan fingerprint density at radius 2 is 1.95 bits per heavy atom. The summed E-state index contributed by atoms with van der Waals surface area (Å²) in [7, 11) is 0. The van der Waals surface area contributed by atoms with Crippen molar-refractivity contribution in [2.24, 2.45) is 0 Å². The standard InChI is InChI=1S/C27H36N8O3/c1-17(2)21-16-30-35-24(21)33-26(31-20-9-12-38-13-10-20)34-27(35)29-15-19-5-3-4-18(14-19)6-7-23(36)32-25(37)22-8-11-28-22/h3-5,14,16-17,20,22,28H,6-13,15H2,1-2H3,(H,32,36,37)(H2,29,31,33,34). The van der Waals surface area contributed by atoms with Crippen molar-refractivity contribution in [3.05, 3.63) is 47.2 Å². The Morgan fingerprint density at radius 3 is 2.68 bits per heavy atom. The van der Waals surface area contributed by atoms with Gasteiger partial charge in [0.05, 0.1) is 12.2 Å². The lowest BCUT2D eigenvalue weighted by atomic mass is 10.1. The second kappa shape index (κ2) is 11.9. The molecule has 3 aromatic rings. The zero-order valence-electron chi connectivity index (χ0n) is 22.0. The first-order valence-corrected chi connectivity index (χ1v) is 13.4. The summed E-state index contributed by atoms with van der Waals surface area (Å²) in [4.78, 5) is 33.7. The molecule has 11 heteroatoms. The van der Waals surface area contributed by atoms with Gasteiger partial charge in [-0.3, -0.25) is 14.9 Å². The van der Waals surface area contributed by atoms with Gasteiger partial charge < -0.3 is 20.7 Å².